The molecule has 0 aliphatic heterocycles. The minimum Gasteiger partial charge on any atom is -0.344 e. The number of ketones is 1. The van der Waals surface area contributed by atoms with E-state index in [9.17, 15) is 37.1 Å². The minimum atomic E-state index is -5.10. The first-order valence-corrected chi connectivity index (χ1v) is 9.78. The van der Waals surface area contributed by atoms with Crippen molar-refractivity contribution in [3.05, 3.63) is 0 Å². The molecule has 0 heterocycles. The number of alkyl halides is 3. The number of nitrogens with one attached hydrogen (secondary N) is 4. The molecule has 0 fully saturated rings. The van der Waals surface area contributed by atoms with Gasteiger partial charge in [0.25, 0.3) is 5.78 Å². The first-order chi connectivity index (χ1) is 14.0. The molecule has 0 aliphatic rings. The van der Waals surface area contributed by atoms with E-state index in [-0.39, 0.29) is 5.92 Å². The third kappa shape index (κ3) is 9.35. The van der Waals surface area contributed by atoms with Crippen LogP contribution in [0.15, 0.2) is 0 Å². The third-order valence-electron chi connectivity index (χ3n) is 4.34. The van der Waals surface area contributed by atoms with Gasteiger partial charge in [0.2, 0.25) is 23.6 Å². The van der Waals surface area contributed by atoms with Gasteiger partial charge in [-0.1, -0.05) is 27.7 Å². The van der Waals surface area contributed by atoms with E-state index >= 15 is 0 Å². The molecule has 9 nitrogen and oxygen atoms in total. The largest absolute Gasteiger partial charge is 0.452 e. The number of halogens is 3. The zero-order chi connectivity index (χ0) is 24.7. The van der Waals surface area contributed by atoms with Crippen molar-refractivity contribution in [2.75, 3.05) is 0 Å². The quantitative estimate of drug-likeness (QED) is 0.382. The molecule has 4 atom stereocenters. The van der Waals surface area contributed by atoms with Crippen LogP contribution in [0.4, 0.5) is 13.2 Å². The summed E-state index contributed by atoms with van der Waals surface area (Å²) in [6.07, 6.45) is -5.10. The lowest BCUT2D eigenvalue weighted by Crippen LogP contribution is -2.59. The van der Waals surface area contributed by atoms with E-state index in [1.54, 1.807) is 27.7 Å². The highest BCUT2D eigenvalue weighted by molar-refractivity contribution is 5.96. The molecule has 0 aliphatic carbocycles. The highest BCUT2D eigenvalue weighted by Gasteiger charge is 2.42. The molecule has 0 bridgehead atoms. The molecule has 1 unspecified atom stereocenters. The Bertz CT molecular complexity index is 695. The van der Waals surface area contributed by atoms with Crippen LogP contribution in [0.25, 0.3) is 0 Å². The van der Waals surface area contributed by atoms with E-state index in [4.69, 9.17) is 0 Å². The van der Waals surface area contributed by atoms with E-state index in [1.807, 2.05) is 5.32 Å². The highest BCUT2D eigenvalue weighted by Crippen LogP contribution is 2.17. The van der Waals surface area contributed by atoms with Crippen molar-refractivity contribution in [2.24, 2.45) is 11.8 Å². The van der Waals surface area contributed by atoms with Crippen LogP contribution in [-0.4, -0.2) is 59.8 Å². The number of carbonyl (C=O) groups is 5. The van der Waals surface area contributed by atoms with Crippen LogP contribution in [0.1, 0.15) is 48.5 Å². The Kier molecular flexibility index (Phi) is 10.7. The standard InChI is InChI=1S/C19H31F3N4O5/c1-8(2)13(25-12(7)27)18(31)26-14(9(3)4)17(30)24-11(6)16(29)23-10(5)15(28)19(20,21)22/h8-11,13-14H,1-7H3,(H,23,29)(H,24,30)(H,25,27)(H,26,31)/t10?,11-,13-,14-/m0/s1. The molecule has 178 valence electrons. The predicted molar refractivity (Wildman–Crippen MR) is 105 cm³/mol. The van der Waals surface area contributed by atoms with Crippen LogP contribution >= 0.6 is 0 Å². The van der Waals surface area contributed by atoms with Crippen LogP contribution in [-0.2, 0) is 24.0 Å². The monoisotopic (exact) mass is 452 g/mol. The molecule has 0 rings (SSSR count). The average Bonchev–Trinajstić information content (AvgIpc) is 2.61. The number of amides is 4. The molecule has 0 aromatic rings. The third-order valence-corrected chi connectivity index (χ3v) is 4.34. The van der Waals surface area contributed by atoms with Gasteiger partial charge in [0.05, 0.1) is 6.04 Å². The number of hydrogen-bond donors (Lipinski definition) is 4. The molecule has 0 aromatic carbocycles. The van der Waals surface area contributed by atoms with Gasteiger partial charge in [0.1, 0.15) is 18.1 Å². The van der Waals surface area contributed by atoms with Crippen molar-refractivity contribution in [3.8, 4) is 0 Å². The molecule has 0 saturated carbocycles. The SMILES string of the molecule is CC(=O)N[C@H](C(=O)N[C@H](C(=O)N[C@@H](C)C(=O)NC(C)C(=O)C(F)(F)F)C(C)C)C(C)C. The van der Waals surface area contributed by atoms with E-state index in [1.165, 1.54) is 13.8 Å². The van der Waals surface area contributed by atoms with E-state index in [0.717, 1.165) is 6.92 Å². The molecule has 0 radical (unpaired) electrons. The predicted octanol–water partition coefficient (Wildman–Crippen LogP) is 0.429. The van der Waals surface area contributed by atoms with E-state index < -0.39 is 65.7 Å². The fourth-order valence-electron chi connectivity index (χ4n) is 2.55. The summed E-state index contributed by atoms with van der Waals surface area (Å²) >= 11 is 0. The van der Waals surface area contributed by atoms with Gasteiger partial charge >= 0.3 is 6.18 Å². The van der Waals surface area contributed by atoms with Crippen LogP contribution in [0.5, 0.6) is 0 Å². The van der Waals surface area contributed by atoms with Crippen LogP contribution in [0, 0.1) is 11.8 Å². The molecular formula is C19H31F3N4O5. The van der Waals surface area contributed by atoms with Gasteiger partial charge in [-0.3, -0.25) is 24.0 Å². The molecule has 4 N–H and O–H groups in total. The van der Waals surface area contributed by atoms with Gasteiger partial charge in [-0.2, -0.15) is 13.2 Å². The number of rotatable bonds is 10. The molecule has 31 heavy (non-hydrogen) atoms. The van der Waals surface area contributed by atoms with Crippen molar-refractivity contribution >= 4 is 29.4 Å². The van der Waals surface area contributed by atoms with Crippen molar-refractivity contribution in [2.45, 2.75) is 78.8 Å². The van der Waals surface area contributed by atoms with Crippen LogP contribution in [0.3, 0.4) is 0 Å². The second-order valence-corrected chi connectivity index (χ2v) is 7.98. The average molecular weight is 452 g/mol. The fourth-order valence-corrected chi connectivity index (χ4v) is 2.55. The Labute approximate surface area is 179 Å². The normalized spacial score (nSPS) is 15.5. The Morgan fingerprint density at radius 3 is 1.39 bits per heavy atom. The summed E-state index contributed by atoms with van der Waals surface area (Å²) in [5, 5.41) is 9.23. The Morgan fingerprint density at radius 1 is 0.613 bits per heavy atom. The molecule has 4 amide bonds. The molecule has 0 spiro atoms. The summed E-state index contributed by atoms with van der Waals surface area (Å²) < 4.78 is 37.3. The lowest BCUT2D eigenvalue weighted by Gasteiger charge is -2.27. The number of Topliss-reactive ketones (excluding diaryl/α,β-unsaturated/α-hetero) is 1. The number of carbonyl (C=O) groups excluding carboxylic acids is 5. The summed E-state index contributed by atoms with van der Waals surface area (Å²) in [6.45, 7) is 10.1. The van der Waals surface area contributed by atoms with Gasteiger partial charge in [-0.15, -0.1) is 0 Å². The maximum absolute atomic E-state index is 12.6. The van der Waals surface area contributed by atoms with Crippen molar-refractivity contribution in [1.82, 2.24) is 21.3 Å². The van der Waals surface area contributed by atoms with Crippen molar-refractivity contribution in [1.29, 1.82) is 0 Å². The minimum absolute atomic E-state index is 0.267. The Hall–Kier alpha value is -2.66. The first-order valence-electron chi connectivity index (χ1n) is 9.78. The maximum Gasteiger partial charge on any atom is 0.452 e. The lowest BCUT2D eigenvalue weighted by atomic mass is 9.99. The first kappa shape index (κ1) is 28.3. The Balaban J connectivity index is 5.16. The molecular weight excluding hydrogens is 421 g/mol. The summed E-state index contributed by atoms with van der Waals surface area (Å²) in [6, 6.07) is -5.06. The van der Waals surface area contributed by atoms with Crippen molar-refractivity contribution in [3.63, 3.8) is 0 Å². The number of hydrogen-bond acceptors (Lipinski definition) is 5. The van der Waals surface area contributed by atoms with Crippen LogP contribution in [0.2, 0.25) is 0 Å². The zero-order valence-corrected chi connectivity index (χ0v) is 18.6. The smallest absolute Gasteiger partial charge is 0.344 e. The van der Waals surface area contributed by atoms with E-state index in [0.29, 0.717) is 0 Å². The maximum atomic E-state index is 12.6. The summed E-state index contributed by atoms with van der Waals surface area (Å²) in [5.74, 6) is -5.55. The summed E-state index contributed by atoms with van der Waals surface area (Å²) in [5.41, 5.74) is 0. The molecule has 0 saturated heterocycles. The van der Waals surface area contributed by atoms with Gasteiger partial charge in [0.15, 0.2) is 0 Å². The second kappa shape index (κ2) is 11.7. The van der Waals surface area contributed by atoms with E-state index in [2.05, 4.69) is 16.0 Å². The summed E-state index contributed by atoms with van der Waals surface area (Å²) in [4.78, 5) is 59.7. The second-order valence-electron chi connectivity index (χ2n) is 7.98. The van der Waals surface area contributed by atoms with Crippen LogP contribution < -0.4 is 21.3 Å². The molecule has 0 aromatic heterocycles. The fraction of sp³-hybridized carbons (Fsp3) is 0.737. The highest BCUT2D eigenvalue weighted by atomic mass is 19.4. The lowest BCUT2D eigenvalue weighted by molar-refractivity contribution is -0.173. The van der Waals surface area contributed by atoms with Gasteiger partial charge in [-0.25, -0.2) is 0 Å². The van der Waals surface area contributed by atoms with Gasteiger partial charge < -0.3 is 21.3 Å². The Morgan fingerprint density at radius 2 is 1.00 bits per heavy atom. The van der Waals surface area contributed by atoms with Gasteiger partial charge in [-0.05, 0) is 25.7 Å². The zero-order valence-electron chi connectivity index (χ0n) is 18.6. The van der Waals surface area contributed by atoms with Crippen molar-refractivity contribution < 1.29 is 37.1 Å². The molecule has 12 heteroatoms. The summed E-state index contributed by atoms with van der Waals surface area (Å²) in [7, 11) is 0. The topological polar surface area (TPSA) is 133 Å². The van der Waals surface area contributed by atoms with Gasteiger partial charge in [0, 0.05) is 6.92 Å².